The molecule has 2 rings (SSSR count). The van der Waals surface area contributed by atoms with Crippen LogP contribution in [0.15, 0.2) is 36.4 Å². The van der Waals surface area contributed by atoms with Crippen LogP contribution in [0.2, 0.25) is 0 Å². The highest BCUT2D eigenvalue weighted by atomic mass is 31.2. The first-order chi connectivity index (χ1) is 16.2. The van der Waals surface area contributed by atoms with Crippen LogP contribution < -0.4 is 10.1 Å². The highest BCUT2D eigenvalue weighted by Gasteiger charge is 2.12. The summed E-state index contributed by atoms with van der Waals surface area (Å²) in [5, 5.41) is 3.08. The van der Waals surface area contributed by atoms with E-state index in [1.165, 1.54) is 42.0 Å². The second-order valence-electron chi connectivity index (χ2n) is 9.31. The molecule has 2 aromatic carbocycles. The molecule has 0 aliphatic rings. The predicted octanol–water partition coefficient (Wildman–Crippen LogP) is 6.31. The molecule has 0 amide bonds. The van der Waals surface area contributed by atoms with Gasteiger partial charge in [-0.15, -0.1) is 0 Å². The number of hydrogen-bond donors (Lipinski definition) is 3. The minimum Gasteiger partial charge on any atom is -0.491 e. The number of unbranched alkanes of at least 4 members (excludes halogenated alkanes) is 1. The van der Waals surface area contributed by atoms with E-state index in [1.54, 1.807) is 6.07 Å². The number of hydrogen-bond acceptors (Lipinski definition) is 3. The number of nitrogens with one attached hydrogen (secondary N) is 1. The Morgan fingerprint density at radius 2 is 1.74 bits per heavy atom. The zero-order valence-electron chi connectivity index (χ0n) is 20.9. The third-order valence-corrected chi connectivity index (χ3v) is 7.10. The van der Waals surface area contributed by atoms with Gasteiger partial charge in [0, 0.05) is 6.54 Å². The van der Waals surface area contributed by atoms with Gasteiger partial charge in [-0.1, -0.05) is 50.5 Å². The molecule has 0 fully saturated rings. The standard InChI is InChI=1S/C27H41FNO4P/c1-4-5-8-23(18-24-11-10-21(2)22(3)17-24)9-6-15-33-27-13-12-25(19-26(27)28)20-29-14-7-16-34(30,31)32/h10-13,17,19,23,29H,4-9,14-16,18,20H2,1-3H3,(H2,30,31,32). The summed E-state index contributed by atoms with van der Waals surface area (Å²) in [6, 6.07) is 11.7. The summed E-state index contributed by atoms with van der Waals surface area (Å²) < 4.78 is 31.0. The lowest BCUT2D eigenvalue weighted by Gasteiger charge is -2.18. The summed E-state index contributed by atoms with van der Waals surface area (Å²) in [7, 11) is -3.96. The summed E-state index contributed by atoms with van der Waals surface area (Å²) in [6.45, 7) is 7.93. The van der Waals surface area contributed by atoms with Crippen LogP contribution >= 0.6 is 7.60 Å². The molecular weight excluding hydrogens is 452 g/mol. The number of aryl methyl sites for hydroxylation is 2. The Labute approximate surface area is 204 Å². The average molecular weight is 494 g/mol. The molecule has 5 nitrogen and oxygen atoms in total. The molecule has 0 aliphatic carbocycles. The van der Waals surface area contributed by atoms with Crippen LogP contribution in [0.1, 0.15) is 67.7 Å². The van der Waals surface area contributed by atoms with Crippen molar-refractivity contribution in [3.8, 4) is 5.75 Å². The highest BCUT2D eigenvalue weighted by molar-refractivity contribution is 7.51. The van der Waals surface area contributed by atoms with Gasteiger partial charge in [-0.05, 0) is 86.4 Å². The van der Waals surface area contributed by atoms with Crippen LogP contribution in [0, 0.1) is 25.6 Å². The molecule has 190 valence electrons. The van der Waals surface area contributed by atoms with Gasteiger partial charge in [-0.2, -0.15) is 0 Å². The number of ether oxygens (including phenoxy) is 1. The maximum absolute atomic E-state index is 14.4. The molecule has 0 bridgehead atoms. The largest absolute Gasteiger partial charge is 0.491 e. The molecule has 2 aromatic rings. The lowest BCUT2D eigenvalue weighted by Crippen LogP contribution is -2.16. The van der Waals surface area contributed by atoms with Gasteiger partial charge in [-0.25, -0.2) is 4.39 Å². The van der Waals surface area contributed by atoms with E-state index in [-0.39, 0.29) is 17.7 Å². The van der Waals surface area contributed by atoms with Gasteiger partial charge >= 0.3 is 7.60 Å². The molecule has 3 N–H and O–H groups in total. The van der Waals surface area contributed by atoms with Gasteiger partial charge in [-0.3, -0.25) is 4.57 Å². The first-order valence-corrected chi connectivity index (χ1v) is 14.2. The zero-order chi connectivity index (χ0) is 25.0. The van der Waals surface area contributed by atoms with Crippen molar-refractivity contribution in [1.29, 1.82) is 0 Å². The maximum Gasteiger partial charge on any atom is 0.325 e. The first-order valence-electron chi connectivity index (χ1n) is 12.4. The molecule has 0 aromatic heterocycles. The van der Waals surface area contributed by atoms with E-state index in [0.29, 0.717) is 32.0 Å². The van der Waals surface area contributed by atoms with Crippen LogP contribution in [0.3, 0.4) is 0 Å². The topological polar surface area (TPSA) is 78.8 Å². The molecule has 0 saturated carbocycles. The second-order valence-corrected chi connectivity index (χ2v) is 11.1. The fraction of sp³-hybridized carbons (Fsp3) is 0.556. The minimum absolute atomic E-state index is 0.148. The first kappa shape index (κ1) is 28.5. The molecule has 0 heterocycles. The van der Waals surface area contributed by atoms with Gasteiger partial charge in [0.15, 0.2) is 11.6 Å². The zero-order valence-corrected chi connectivity index (χ0v) is 21.8. The molecule has 34 heavy (non-hydrogen) atoms. The lowest BCUT2D eigenvalue weighted by atomic mass is 9.89. The van der Waals surface area contributed by atoms with Crippen LogP contribution in [-0.2, 0) is 17.5 Å². The van der Waals surface area contributed by atoms with Crippen LogP contribution in [0.4, 0.5) is 4.39 Å². The summed E-state index contributed by atoms with van der Waals surface area (Å²) >= 11 is 0. The Morgan fingerprint density at radius 3 is 2.41 bits per heavy atom. The summed E-state index contributed by atoms with van der Waals surface area (Å²) in [4.78, 5) is 17.7. The fourth-order valence-corrected chi connectivity index (χ4v) is 4.64. The SMILES string of the molecule is CCCCC(CCCOc1ccc(CNCCCP(=O)(O)O)cc1F)Cc1ccc(C)c(C)c1. The van der Waals surface area contributed by atoms with Crippen molar-refractivity contribution in [2.45, 2.75) is 72.3 Å². The maximum atomic E-state index is 14.4. The number of benzene rings is 2. The van der Waals surface area contributed by atoms with Crippen LogP contribution in [-0.4, -0.2) is 29.1 Å². The van der Waals surface area contributed by atoms with Crippen molar-refractivity contribution in [2.75, 3.05) is 19.3 Å². The normalized spacial score (nSPS) is 12.6. The van der Waals surface area contributed by atoms with Crippen LogP contribution in [0.5, 0.6) is 5.75 Å². The van der Waals surface area contributed by atoms with E-state index < -0.39 is 7.60 Å². The van der Waals surface area contributed by atoms with Crippen molar-refractivity contribution in [3.63, 3.8) is 0 Å². The van der Waals surface area contributed by atoms with Gasteiger partial charge in [0.25, 0.3) is 0 Å². The Bertz CT molecular complexity index is 931. The molecule has 0 saturated heterocycles. The molecule has 0 radical (unpaired) electrons. The Balaban J connectivity index is 1.76. The minimum atomic E-state index is -3.96. The summed E-state index contributed by atoms with van der Waals surface area (Å²) in [5.74, 6) is 0.492. The Kier molecular flexibility index (Phi) is 12.3. The predicted molar refractivity (Wildman–Crippen MR) is 137 cm³/mol. The summed E-state index contributed by atoms with van der Waals surface area (Å²) in [5.41, 5.74) is 4.83. The number of halogens is 1. The Hall–Kier alpha value is -1.72. The highest BCUT2D eigenvalue weighted by Crippen LogP contribution is 2.34. The monoisotopic (exact) mass is 493 g/mol. The summed E-state index contributed by atoms with van der Waals surface area (Å²) in [6.07, 6.45) is 6.86. The molecule has 0 spiro atoms. The quantitative estimate of drug-likeness (QED) is 0.189. The lowest BCUT2D eigenvalue weighted by molar-refractivity contribution is 0.275. The van der Waals surface area contributed by atoms with Crippen LogP contribution in [0.25, 0.3) is 0 Å². The third kappa shape index (κ3) is 11.1. The van der Waals surface area contributed by atoms with E-state index in [1.807, 2.05) is 6.07 Å². The van der Waals surface area contributed by atoms with E-state index in [9.17, 15) is 8.96 Å². The van der Waals surface area contributed by atoms with Gasteiger partial charge in [0.05, 0.1) is 12.8 Å². The fourth-order valence-electron chi connectivity index (χ4n) is 4.07. The Morgan fingerprint density at radius 1 is 1.00 bits per heavy atom. The van der Waals surface area contributed by atoms with E-state index >= 15 is 0 Å². The second kappa shape index (κ2) is 14.6. The van der Waals surface area contributed by atoms with E-state index in [0.717, 1.165) is 24.8 Å². The van der Waals surface area contributed by atoms with Gasteiger partial charge in [0.1, 0.15) is 0 Å². The smallest absolute Gasteiger partial charge is 0.325 e. The average Bonchev–Trinajstić information content (AvgIpc) is 2.77. The molecule has 1 atom stereocenters. The van der Waals surface area contributed by atoms with E-state index in [4.69, 9.17) is 14.5 Å². The van der Waals surface area contributed by atoms with Gasteiger partial charge in [0.2, 0.25) is 0 Å². The van der Waals surface area contributed by atoms with E-state index in [2.05, 4.69) is 44.3 Å². The molecule has 0 aliphatic heterocycles. The molecular formula is C27H41FNO4P. The van der Waals surface area contributed by atoms with Gasteiger partial charge < -0.3 is 19.8 Å². The van der Waals surface area contributed by atoms with Crippen molar-refractivity contribution >= 4 is 7.60 Å². The molecule has 7 heteroatoms. The van der Waals surface area contributed by atoms with Crippen molar-refractivity contribution in [3.05, 3.63) is 64.5 Å². The molecule has 1 unspecified atom stereocenters. The number of rotatable bonds is 16. The van der Waals surface area contributed by atoms with Crippen molar-refractivity contribution in [1.82, 2.24) is 5.32 Å². The third-order valence-electron chi connectivity index (χ3n) is 6.20. The van der Waals surface area contributed by atoms with Crippen molar-refractivity contribution in [2.24, 2.45) is 5.92 Å². The van der Waals surface area contributed by atoms with Crippen molar-refractivity contribution < 1.29 is 23.5 Å².